The lowest BCUT2D eigenvalue weighted by molar-refractivity contribution is -0.118. The van der Waals surface area contributed by atoms with Crippen molar-refractivity contribution in [2.45, 2.75) is 38.8 Å². The number of benzene rings is 3. The first kappa shape index (κ1) is 24.0. The molecule has 2 N–H and O–H groups in total. The molecule has 0 fully saturated rings. The lowest BCUT2D eigenvalue weighted by atomic mass is 9.89. The quantitative estimate of drug-likeness (QED) is 0.582. The zero-order valence-electron chi connectivity index (χ0n) is 20.1. The molecule has 2 atom stereocenters. The number of rotatable bonds is 6. The number of primary amides is 1. The monoisotopic (exact) mass is 471 g/mol. The number of para-hydroxylation sites is 1. The van der Waals surface area contributed by atoms with Gasteiger partial charge in [0.2, 0.25) is 11.8 Å². The molecule has 0 spiro atoms. The number of hydrogen-bond donors (Lipinski definition) is 1. The minimum atomic E-state index is -0.405. The Morgan fingerprint density at radius 1 is 1.00 bits per heavy atom. The van der Waals surface area contributed by atoms with Gasteiger partial charge in [-0.25, -0.2) is 0 Å². The number of methoxy groups -OCH3 is 1. The van der Waals surface area contributed by atoms with Crippen LogP contribution in [0.4, 0.5) is 11.4 Å². The minimum absolute atomic E-state index is 0.101. The Morgan fingerprint density at radius 3 is 2.26 bits per heavy atom. The van der Waals surface area contributed by atoms with Gasteiger partial charge in [-0.05, 0) is 66.9 Å². The highest BCUT2D eigenvalue weighted by atomic mass is 16.5. The van der Waals surface area contributed by atoms with Gasteiger partial charge in [0.1, 0.15) is 5.75 Å². The molecule has 3 aromatic carbocycles. The fourth-order valence-corrected chi connectivity index (χ4v) is 4.77. The van der Waals surface area contributed by atoms with Gasteiger partial charge in [-0.1, -0.05) is 30.3 Å². The predicted octanol–water partition coefficient (Wildman–Crippen LogP) is 4.26. The maximum absolute atomic E-state index is 13.5. The van der Waals surface area contributed by atoms with E-state index in [0.29, 0.717) is 17.7 Å². The average molecular weight is 472 g/mol. The Morgan fingerprint density at radius 2 is 1.66 bits per heavy atom. The van der Waals surface area contributed by atoms with E-state index in [4.69, 9.17) is 10.5 Å². The summed E-state index contributed by atoms with van der Waals surface area (Å²) < 4.78 is 5.22. The number of amides is 3. The Hall–Kier alpha value is -4.13. The Balaban J connectivity index is 1.71. The van der Waals surface area contributed by atoms with E-state index in [0.717, 1.165) is 22.5 Å². The Labute approximate surface area is 205 Å². The first-order valence-corrected chi connectivity index (χ1v) is 11.5. The summed E-state index contributed by atoms with van der Waals surface area (Å²) >= 11 is 0. The number of carbonyl (C=O) groups is 3. The van der Waals surface area contributed by atoms with Gasteiger partial charge >= 0.3 is 0 Å². The van der Waals surface area contributed by atoms with Crippen LogP contribution in [0, 0.1) is 0 Å². The van der Waals surface area contributed by atoms with E-state index in [-0.39, 0.29) is 30.3 Å². The third-order valence-corrected chi connectivity index (χ3v) is 6.36. The van der Waals surface area contributed by atoms with E-state index in [1.807, 2.05) is 60.4 Å². The van der Waals surface area contributed by atoms with Gasteiger partial charge in [0.05, 0.1) is 19.6 Å². The largest absolute Gasteiger partial charge is 0.497 e. The van der Waals surface area contributed by atoms with Gasteiger partial charge in [0.25, 0.3) is 5.91 Å². The van der Waals surface area contributed by atoms with E-state index in [1.54, 1.807) is 43.2 Å². The first-order chi connectivity index (χ1) is 16.8. The Bertz CT molecular complexity index is 1240. The zero-order valence-corrected chi connectivity index (χ0v) is 20.1. The molecule has 0 aromatic heterocycles. The third-order valence-electron chi connectivity index (χ3n) is 6.36. The molecular weight excluding hydrogens is 442 g/mol. The molecule has 1 heterocycles. The molecule has 35 heavy (non-hydrogen) atoms. The molecule has 0 saturated heterocycles. The number of nitrogens with zero attached hydrogens (tertiary/aromatic N) is 2. The normalized spacial score (nSPS) is 16.8. The highest BCUT2D eigenvalue weighted by molar-refractivity contribution is 6.07. The summed E-state index contributed by atoms with van der Waals surface area (Å²) in [7, 11) is 1.59. The first-order valence-electron chi connectivity index (χ1n) is 11.5. The molecule has 180 valence electrons. The van der Waals surface area contributed by atoms with Crippen molar-refractivity contribution in [2.24, 2.45) is 5.73 Å². The van der Waals surface area contributed by atoms with Gasteiger partial charge < -0.3 is 20.3 Å². The fraction of sp³-hybridized carbons (Fsp3) is 0.250. The third kappa shape index (κ3) is 4.89. The van der Waals surface area contributed by atoms with Crippen molar-refractivity contribution < 1.29 is 19.1 Å². The summed E-state index contributed by atoms with van der Waals surface area (Å²) in [6.07, 6.45) is 0.716. The molecule has 0 saturated carbocycles. The number of hydrogen-bond acceptors (Lipinski definition) is 4. The van der Waals surface area contributed by atoms with Crippen molar-refractivity contribution in [3.05, 3.63) is 89.5 Å². The highest BCUT2D eigenvalue weighted by Gasteiger charge is 2.38. The number of nitrogens with two attached hydrogens (primary N) is 1. The SMILES string of the molecule is COc1ccc(C(=O)N2c3ccccc3[C@H](N(C(C)=O)c3ccc(CC(N)=O)cc3)C[C@@H]2C)cc1. The van der Waals surface area contributed by atoms with Crippen molar-refractivity contribution >= 4 is 29.1 Å². The molecule has 4 rings (SSSR count). The lowest BCUT2D eigenvalue weighted by Crippen LogP contribution is -2.47. The number of fused-ring (bicyclic) bond motifs is 1. The van der Waals surface area contributed by atoms with Crippen LogP contribution < -0.4 is 20.3 Å². The van der Waals surface area contributed by atoms with Crippen molar-refractivity contribution in [1.82, 2.24) is 0 Å². The second-order valence-corrected chi connectivity index (χ2v) is 8.76. The summed E-state index contributed by atoms with van der Waals surface area (Å²) in [5, 5.41) is 0. The maximum Gasteiger partial charge on any atom is 0.258 e. The molecule has 0 unspecified atom stereocenters. The van der Waals surface area contributed by atoms with E-state index < -0.39 is 5.91 Å². The lowest BCUT2D eigenvalue weighted by Gasteiger charge is -2.43. The highest BCUT2D eigenvalue weighted by Crippen LogP contribution is 2.42. The van der Waals surface area contributed by atoms with E-state index >= 15 is 0 Å². The number of carbonyl (C=O) groups excluding carboxylic acids is 3. The van der Waals surface area contributed by atoms with Gasteiger partial charge in [-0.3, -0.25) is 14.4 Å². The van der Waals surface area contributed by atoms with Gasteiger partial charge in [-0.2, -0.15) is 0 Å². The van der Waals surface area contributed by atoms with Crippen LogP contribution in [-0.2, 0) is 16.0 Å². The van der Waals surface area contributed by atoms with Crippen molar-refractivity contribution in [3.8, 4) is 5.75 Å². The second kappa shape index (κ2) is 10.0. The molecule has 7 nitrogen and oxygen atoms in total. The summed E-state index contributed by atoms with van der Waals surface area (Å²) in [4.78, 5) is 41.3. The fourth-order valence-electron chi connectivity index (χ4n) is 4.77. The van der Waals surface area contributed by atoms with Crippen LogP contribution in [0.5, 0.6) is 5.75 Å². The summed E-state index contributed by atoms with van der Waals surface area (Å²) in [6.45, 7) is 3.54. The number of anilines is 2. The maximum atomic E-state index is 13.5. The van der Waals surface area contributed by atoms with Crippen molar-refractivity contribution in [2.75, 3.05) is 16.9 Å². The molecule has 0 aliphatic carbocycles. The predicted molar refractivity (Wildman–Crippen MR) is 136 cm³/mol. The van der Waals surface area contributed by atoms with Crippen LogP contribution in [0.15, 0.2) is 72.8 Å². The number of ether oxygens (including phenoxy) is 1. The minimum Gasteiger partial charge on any atom is -0.497 e. The summed E-state index contributed by atoms with van der Waals surface area (Å²) in [5.41, 5.74) is 9.09. The van der Waals surface area contributed by atoms with Gasteiger partial charge in [0.15, 0.2) is 0 Å². The second-order valence-electron chi connectivity index (χ2n) is 8.76. The smallest absolute Gasteiger partial charge is 0.258 e. The van der Waals surface area contributed by atoms with E-state index in [2.05, 4.69) is 0 Å². The molecule has 3 aromatic rings. The van der Waals surface area contributed by atoms with Crippen LogP contribution >= 0.6 is 0 Å². The average Bonchev–Trinajstić information content (AvgIpc) is 2.84. The molecule has 0 radical (unpaired) electrons. The van der Waals surface area contributed by atoms with Crippen molar-refractivity contribution in [1.29, 1.82) is 0 Å². The molecule has 1 aliphatic heterocycles. The van der Waals surface area contributed by atoms with Crippen molar-refractivity contribution in [3.63, 3.8) is 0 Å². The zero-order chi connectivity index (χ0) is 25.1. The van der Waals surface area contributed by atoms with Crippen LogP contribution in [0.3, 0.4) is 0 Å². The van der Waals surface area contributed by atoms with E-state index in [9.17, 15) is 14.4 Å². The van der Waals surface area contributed by atoms with Gasteiger partial charge in [0, 0.05) is 29.9 Å². The molecule has 3 amide bonds. The van der Waals surface area contributed by atoms with Gasteiger partial charge in [-0.15, -0.1) is 0 Å². The molecular formula is C28H29N3O4. The topological polar surface area (TPSA) is 92.9 Å². The van der Waals surface area contributed by atoms with E-state index in [1.165, 1.54) is 0 Å². The van der Waals surface area contributed by atoms with Crippen LogP contribution in [-0.4, -0.2) is 30.9 Å². The molecule has 7 heteroatoms. The summed E-state index contributed by atoms with van der Waals surface area (Å²) in [5.74, 6) is 0.0799. The van der Waals surface area contributed by atoms with Crippen LogP contribution in [0.25, 0.3) is 0 Å². The molecule has 0 bridgehead atoms. The Kier molecular flexibility index (Phi) is 6.87. The molecule has 1 aliphatic rings. The van der Waals surface area contributed by atoms with Crippen LogP contribution in [0.1, 0.15) is 47.8 Å². The summed E-state index contributed by atoms with van der Waals surface area (Å²) in [6, 6.07) is 21.7. The van der Waals surface area contributed by atoms with Crippen LogP contribution in [0.2, 0.25) is 0 Å². The standard InChI is InChI=1S/C28H29N3O4/c1-18-16-26(31(19(2)32)22-12-8-20(9-13-22)17-27(29)33)24-6-4-5-7-25(24)30(18)28(34)21-10-14-23(35-3)15-11-21/h4-15,18,26H,16-17H2,1-3H3,(H2,29,33)/t18-,26+/m0/s1.